The van der Waals surface area contributed by atoms with E-state index in [9.17, 15) is 13.6 Å². The van der Waals surface area contributed by atoms with Gasteiger partial charge >= 0.3 is 5.97 Å². The third-order valence-electron chi connectivity index (χ3n) is 5.99. The number of anilines is 4. The number of nitrogens with zero attached hydrogens (tertiary/aromatic N) is 4. The Bertz CT molecular complexity index is 1050. The molecule has 0 radical (unpaired) electrons. The summed E-state index contributed by atoms with van der Waals surface area (Å²) in [6.07, 6.45) is 2.08. The highest BCUT2D eigenvalue weighted by atomic mass is 35.5. The number of pyridine rings is 2. The molecule has 2 atom stereocenters. The second-order valence-electron chi connectivity index (χ2n) is 7.96. The van der Waals surface area contributed by atoms with Crippen LogP contribution in [0.1, 0.15) is 23.3 Å². The third kappa shape index (κ3) is 3.58. The molecule has 11 heteroatoms. The number of esters is 1. The van der Waals surface area contributed by atoms with E-state index in [1.54, 1.807) is 0 Å². The summed E-state index contributed by atoms with van der Waals surface area (Å²) in [7, 11) is 1.21. The van der Waals surface area contributed by atoms with Gasteiger partial charge in [0.05, 0.1) is 18.5 Å². The molecule has 2 aromatic heterocycles. The number of fused-ring (bicyclic) bond motifs is 8. The fourth-order valence-corrected chi connectivity index (χ4v) is 4.59. The standard InChI is InChI=1S/C11H12FN3O2.C9H9ClFN3/c1-17-11(16)9-7(12)4-8-10(14-9)13-6-2-3-15(8)5-6;10-8-6(11)3-7-9(13-8)12-5-1-2-14(7)4-5/h4,6H,2-3,5H2,1H3,(H,13,14);3,5H,1-2,4H2,(H,12,13)/t6-;5-/m11/s1. The SMILES string of the molecule is COC(=O)c1nc2c(cc1F)N1CC[C@H](C1)N2.Fc1cc2c(nc1Cl)N[C@@H]1CCN2C1. The van der Waals surface area contributed by atoms with Crippen LogP contribution in [0.25, 0.3) is 0 Å². The van der Waals surface area contributed by atoms with Crippen LogP contribution < -0.4 is 20.4 Å². The van der Waals surface area contributed by atoms with Crippen molar-refractivity contribution in [1.82, 2.24) is 9.97 Å². The van der Waals surface area contributed by atoms with Crippen LogP contribution >= 0.6 is 11.6 Å². The van der Waals surface area contributed by atoms with Crippen molar-refractivity contribution in [3.8, 4) is 0 Å². The molecule has 0 amide bonds. The van der Waals surface area contributed by atoms with E-state index < -0.39 is 17.6 Å². The lowest BCUT2D eigenvalue weighted by atomic mass is 10.2. The van der Waals surface area contributed by atoms with Crippen LogP contribution in [0.15, 0.2) is 12.1 Å². The molecule has 31 heavy (non-hydrogen) atoms. The van der Waals surface area contributed by atoms with Gasteiger partial charge in [-0.05, 0) is 12.8 Å². The van der Waals surface area contributed by atoms with Crippen molar-refractivity contribution in [1.29, 1.82) is 0 Å². The van der Waals surface area contributed by atoms with Gasteiger partial charge in [-0.2, -0.15) is 0 Å². The predicted octanol–water partition coefficient (Wildman–Crippen LogP) is 2.89. The fraction of sp³-hybridized carbons (Fsp3) is 0.450. The molecule has 2 saturated heterocycles. The summed E-state index contributed by atoms with van der Waals surface area (Å²) in [4.78, 5) is 23.6. The van der Waals surface area contributed by atoms with Crippen molar-refractivity contribution in [3.05, 3.63) is 34.6 Å². The summed E-state index contributed by atoms with van der Waals surface area (Å²) in [6.45, 7) is 3.66. The molecule has 6 rings (SSSR count). The van der Waals surface area contributed by atoms with Crippen molar-refractivity contribution in [2.75, 3.05) is 53.7 Å². The van der Waals surface area contributed by atoms with Crippen molar-refractivity contribution in [2.24, 2.45) is 0 Å². The van der Waals surface area contributed by atoms with Crippen LogP contribution in [0, 0.1) is 11.6 Å². The molecule has 0 saturated carbocycles. The highest BCUT2D eigenvalue weighted by Crippen LogP contribution is 2.36. The first-order valence-corrected chi connectivity index (χ1v) is 10.5. The van der Waals surface area contributed by atoms with Crippen molar-refractivity contribution in [3.63, 3.8) is 0 Å². The van der Waals surface area contributed by atoms with E-state index in [1.807, 2.05) is 0 Å². The fourth-order valence-electron chi connectivity index (χ4n) is 4.45. The molecular formula is C20H21ClF2N6O2. The number of halogens is 3. The number of hydrogen-bond acceptors (Lipinski definition) is 8. The number of methoxy groups -OCH3 is 1. The number of aromatic nitrogens is 2. The molecule has 0 spiro atoms. The molecular weight excluding hydrogens is 430 g/mol. The predicted molar refractivity (Wildman–Crippen MR) is 113 cm³/mol. The zero-order chi connectivity index (χ0) is 21.7. The lowest BCUT2D eigenvalue weighted by Crippen LogP contribution is -2.33. The molecule has 0 aromatic carbocycles. The van der Waals surface area contributed by atoms with Gasteiger partial charge in [-0.3, -0.25) is 0 Å². The van der Waals surface area contributed by atoms with E-state index >= 15 is 0 Å². The molecule has 164 valence electrons. The maximum absolute atomic E-state index is 13.7. The Labute approximate surface area is 182 Å². The topological polar surface area (TPSA) is 82.6 Å². The van der Waals surface area contributed by atoms with Crippen molar-refractivity contribution in [2.45, 2.75) is 24.9 Å². The second-order valence-corrected chi connectivity index (χ2v) is 8.32. The Morgan fingerprint density at radius 2 is 1.58 bits per heavy atom. The van der Waals surface area contributed by atoms with Gasteiger partial charge in [-0.15, -0.1) is 0 Å². The first kappa shape index (κ1) is 20.0. The van der Waals surface area contributed by atoms with Gasteiger partial charge in [0.1, 0.15) is 0 Å². The Hall–Kier alpha value is -2.88. The Kier molecular flexibility index (Phi) is 4.96. The first-order chi connectivity index (χ1) is 14.9. The lowest BCUT2D eigenvalue weighted by Gasteiger charge is -2.27. The number of carbonyl (C=O) groups is 1. The highest BCUT2D eigenvalue weighted by molar-refractivity contribution is 6.29. The van der Waals surface area contributed by atoms with Crippen molar-refractivity contribution < 1.29 is 18.3 Å². The van der Waals surface area contributed by atoms with Gasteiger partial charge in [-0.25, -0.2) is 23.5 Å². The van der Waals surface area contributed by atoms with E-state index in [4.69, 9.17) is 11.6 Å². The van der Waals surface area contributed by atoms with Gasteiger partial charge in [0.25, 0.3) is 0 Å². The third-order valence-corrected chi connectivity index (χ3v) is 6.25. The molecule has 2 N–H and O–H groups in total. The van der Waals surface area contributed by atoms with Crippen LogP contribution in [0.4, 0.5) is 31.8 Å². The van der Waals surface area contributed by atoms with Crippen LogP contribution in [-0.2, 0) is 4.74 Å². The average Bonchev–Trinajstić information content (AvgIpc) is 3.34. The molecule has 0 aliphatic carbocycles. The number of rotatable bonds is 1. The highest BCUT2D eigenvalue weighted by Gasteiger charge is 2.33. The summed E-state index contributed by atoms with van der Waals surface area (Å²) < 4.78 is 31.4. The lowest BCUT2D eigenvalue weighted by molar-refractivity contribution is 0.0588. The van der Waals surface area contributed by atoms with E-state index in [2.05, 4.69) is 35.1 Å². The summed E-state index contributed by atoms with van der Waals surface area (Å²) >= 11 is 5.62. The van der Waals surface area contributed by atoms with Crippen LogP contribution in [0.5, 0.6) is 0 Å². The minimum atomic E-state index is -0.750. The smallest absolute Gasteiger partial charge is 0.359 e. The average molecular weight is 451 g/mol. The largest absolute Gasteiger partial charge is 0.464 e. The number of hydrogen-bond donors (Lipinski definition) is 2. The van der Waals surface area contributed by atoms with Crippen molar-refractivity contribution >= 4 is 40.6 Å². The summed E-state index contributed by atoms with van der Waals surface area (Å²) in [5.74, 6) is -0.550. The first-order valence-electron chi connectivity index (χ1n) is 10.1. The minimum absolute atomic E-state index is 0.0567. The molecule has 6 heterocycles. The molecule has 8 nitrogen and oxygen atoms in total. The molecule has 4 bridgehead atoms. The van der Waals surface area contributed by atoms with E-state index in [1.165, 1.54) is 19.2 Å². The normalized spacial score (nSPS) is 21.9. The monoisotopic (exact) mass is 450 g/mol. The Balaban J connectivity index is 0.000000134. The van der Waals surface area contributed by atoms with Gasteiger partial charge < -0.3 is 25.2 Å². The van der Waals surface area contributed by atoms with Crippen LogP contribution in [0.3, 0.4) is 0 Å². The second kappa shape index (κ2) is 7.67. The summed E-state index contributed by atoms with van der Waals surface area (Å²) in [6, 6.07) is 3.59. The number of carbonyl (C=O) groups excluding carboxylic acids is 1. The van der Waals surface area contributed by atoms with Crippen LogP contribution in [0.2, 0.25) is 5.15 Å². The Morgan fingerprint density at radius 3 is 2.16 bits per heavy atom. The number of ether oxygens (including phenoxy) is 1. The minimum Gasteiger partial charge on any atom is -0.464 e. The van der Waals surface area contributed by atoms with E-state index in [0.29, 0.717) is 23.7 Å². The van der Waals surface area contributed by atoms with Gasteiger partial charge in [0, 0.05) is 50.4 Å². The summed E-state index contributed by atoms with van der Waals surface area (Å²) in [5, 5.41) is 6.40. The maximum Gasteiger partial charge on any atom is 0.359 e. The van der Waals surface area contributed by atoms with Gasteiger partial charge in [-0.1, -0.05) is 11.6 Å². The quantitative estimate of drug-likeness (QED) is 0.507. The van der Waals surface area contributed by atoms with E-state index in [-0.39, 0.29) is 10.8 Å². The zero-order valence-electron chi connectivity index (χ0n) is 16.8. The van der Waals surface area contributed by atoms with Gasteiger partial charge in [0.15, 0.2) is 34.1 Å². The van der Waals surface area contributed by atoms with E-state index in [0.717, 1.165) is 50.4 Å². The molecule has 4 aliphatic rings. The Morgan fingerprint density at radius 1 is 1.03 bits per heavy atom. The van der Waals surface area contributed by atoms with Gasteiger partial charge in [0.2, 0.25) is 0 Å². The molecule has 0 unspecified atom stereocenters. The molecule has 4 aliphatic heterocycles. The van der Waals surface area contributed by atoms with Crippen LogP contribution in [-0.4, -0.2) is 61.3 Å². The summed E-state index contributed by atoms with van der Waals surface area (Å²) in [5.41, 5.74) is 1.30. The maximum atomic E-state index is 13.7. The number of nitrogens with one attached hydrogen (secondary N) is 2. The zero-order valence-corrected chi connectivity index (χ0v) is 17.5. The molecule has 2 aromatic rings. The molecule has 2 fully saturated rings.